The number of nitrogens with zero attached hydrogens (tertiary/aromatic N) is 1. The normalized spacial score (nSPS) is 19.9. The minimum absolute atomic E-state index is 0.00160. The summed E-state index contributed by atoms with van der Waals surface area (Å²) in [6.07, 6.45) is 3.78. The van der Waals surface area contributed by atoms with E-state index in [-0.39, 0.29) is 102 Å². The Morgan fingerprint density at radius 1 is 0.560 bits per heavy atom. The van der Waals surface area contributed by atoms with Crippen LogP contribution in [0.4, 0.5) is 4.79 Å². The van der Waals surface area contributed by atoms with Crippen LogP contribution in [0, 0.1) is 0 Å². The number of aliphatic hydroxyl groups excluding tert-OH is 1. The van der Waals surface area contributed by atoms with Gasteiger partial charge in [-0.2, -0.15) is 0 Å². The number of carbonyl (C=O) groups is 8. The molecule has 8 amide bonds. The van der Waals surface area contributed by atoms with Crippen LogP contribution in [-0.4, -0.2) is 140 Å². The Bertz CT molecular complexity index is 4690. The van der Waals surface area contributed by atoms with Crippen molar-refractivity contribution in [2.24, 2.45) is 0 Å². The van der Waals surface area contributed by atoms with E-state index in [2.05, 4.69) is 54.8 Å². The van der Waals surface area contributed by atoms with Gasteiger partial charge in [-0.25, -0.2) is 4.79 Å². The van der Waals surface area contributed by atoms with Gasteiger partial charge in [-0.1, -0.05) is 92.9 Å². The van der Waals surface area contributed by atoms with Gasteiger partial charge in [0.15, 0.2) is 23.0 Å². The van der Waals surface area contributed by atoms with Crippen molar-refractivity contribution in [2.45, 2.75) is 146 Å². The number of rotatable bonds is 16. The van der Waals surface area contributed by atoms with Crippen LogP contribution in [0.2, 0.25) is 10.0 Å². The highest BCUT2D eigenvalue weighted by molar-refractivity contribution is 6.32. The maximum Gasteiger partial charge on any atom is 0.408 e. The molecule has 31 heteroatoms. The highest BCUT2D eigenvalue weighted by Crippen LogP contribution is 2.49. The molecule has 576 valence electrons. The number of ether oxygens (including phenoxy) is 4. The fraction of sp³-hybridized carbons (Fsp3) is 0.359. The van der Waals surface area contributed by atoms with Crippen LogP contribution in [0.3, 0.4) is 0 Å². The Hall–Kier alpha value is -11.2. The summed E-state index contributed by atoms with van der Waals surface area (Å²) in [5.74, 6) is -13.9. The fourth-order valence-electron chi connectivity index (χ4n) is 13.2. The molecule has 6 heterocycles. The number of aromatic hydroxyl groups is 6. The SMILES string of the molecule is CCCCCCCCCNCc1c(O)cc2c(c1O)-c1cc(ccc1O)[C@@H]1NC(=O)[C@H]3NC(=O)[C@H]4NC(=O)[C@H](Cc5ccc(c(Cl)c5)Oc5cc3cc(c5O)Oc3ccc(cc3Cl)C(O)[C@H](NC1=O)C(=O)N[C@@H]2C(=O)NCCCN(C)C)NC(=O)[C@@H](NC(=O)OC(C)(C)C)c1ccc(O)c(c1)Oc1cc(O)cc4c1. The van der Waals surface area contributed by atoms with Crippen molar-refractivity contribution in [1.82, 2.24) is 52.8 Å². The molecule has 29 nitrogen and oxygen atoms in total. The van der Waals surface area contributed by atoms with Gasteiger partial charge in [0, 0.05) is 36.7 Å². The third-order valence-corrected chi connectivity index (χ3v) is 19.3. The second-order valence-electron chi connectivity index (χ2n) is 28.4. The predicted octanol–water partition coefficient (Wildman–Crippen LogP) is 9.37. The van der Waals surface area contributed by atoms with E-state index < -0.39 is 154 Å². The summed E-state index contributed by atoms with van der Waals surface area (Å²) in [7, 11) is 3.65. The molecule has 0 radical (unpaired) electrons. The number of nitrogens with one attached hydrogen (secondary N) is 9. The molecule has 13 rings (SSSR count). The first-order valence-corrected chi connectivity index (χ1v) is 36.4. The van der Waals surface area contributed by atoms with E-state index in [4.69, 9.17) is 42.1 Å². The van der Waals surface area contributed by atoms with Crippen molar-refractivity contribution in [3.05, 3.63) is 164 Å². The van der Waals surface area contributed by atoms with E-state index in [1.807, 2.05) is 19.0 Å². The highest BCUT2D eigenvalue weighted by Gasteiger charge is 2.42. The molecule has 0 aliphatic carbocycles. The Morgan fingerprint density at radius 2 is 1.17 bits per heavy atom. The number of carbonyl (C=O) groups excluding carboxylic acids is 8. The molecule has 16 N–H and O–H groups in total. The fourth-order valence-corrected chi connectivity index (χ4v) is 13.6. The molecule has 8 atom stereocenters. The highest BCUT2D eigenvalue weighted by atomic mass is 35.5. The maximum absolute atomic E-state index is 16.2. The van der Waals surface area contributed by atoms with Crippen LogP contribution in [-0.2, 0) is 51.3 Å². The zero-order chi connectivity index (χ0) is 78.3. The van der Waals surface area contributed by atoms with Crippen molar-refractivity contribution in [1.29, 1.82) is 0 Å². The monoisotopic (exact) mass is 1540 g/mol. The minimum atomic E-state index is -2.21. The number of fused-ring (bicyclic) bond motifs is 14. The number of phenols is 6. The maximum atomic E-state index is 16.2. The van der Waals surface area contributed by atoms with Crippen LogP contribution >= 0.6 is 23.2 Å². The van der Waals surface area contributed by atoms with E-state index in [0.717, 1.165) is 87.4 Å². The molecule has 6 aliphatic rings. The molecule has 7 aromatic rings. The number of phenolic OH excluding ortho intramolecular Hbond substituents is 6. The molecule has 7 aromatic carbocycles. The molecule has 0 saturated carbocycles. The smallest absolute Gasteiger partial charge is 0.408 e. The summed E-state index contributed by atoms with van der Waals surface area (Å²) in [4.78, 5) is 124. The Kier molecular flexibility index (Phi) is 24.5. The first-order valence-electron chi connectivity index (χ1n) is 35.6. The topological polar surface area (TPSA) is 427 Å². The van der Waals surface area contributed by atoms with Gasteiger partial charge < -0.3 is 107 Å². The van der Waals surface area contributed by atoms with Crippen molar-refractivity contribution in [3.63, 3.8) is 0 Å². The van der Waals surface area contributed by atoms with Crippen LogP contribution in [0.5, 0.6) is 69.0 Å². The average molecular weight is 1540 g/mol. The van der Waals surface area contributed by atoms with Gasteiger partial charge in [0.05, 0.1) is 15.6 Å². The van der Waals surface area contributed by atoms with Gasteiger partial charge in [0.1, 0.15) is 94.2 Å². The van der Waals surface area contributed by atoms with E-state index in [1.165, 1.54) is 66.7 Å². The Labute approximate surface area is 637 Å². The predicted molar refractivity (Wildman–Crippen MR) is 398 cm³/mol. The largest absolute Gasteiger partial charge is 0.508 e. The van der Waals surface area contributed by atoms with Crippen LogP contribution in [0.1, 0.15) is 160 Å². The Balaban J connectivity index is 1.10. The molecule has 0 fully saturated rings. The second-order valence-corrected chi connectivity index (χ2v) is 29.2. The van der Waals surface area contributed by atoms with E-state index in [1.54, 1.807) is 20.8 Å². The molecule has 0 saturated heterocycles. The third kappa shape index (κ3) is 18.7. The van der Waals surface area contributed by atoms with Crippen molar-refractivity contribution in [3.8, 4) is 80.1 Å². The van der Waals surface area contributed by atoms with Crippen LogP contribution < -0.4 is 62.1 Å². The van der Waals surface area contributed by atoms with Gasteiger partial charge in [0.25, 0.3) is 0 Å². The van der Waals surface area contributed by atoms with Crippen molar-refractivity contribution in [2.75, 3.05) is 33.7 Å². The Morgan fingerprint density at radius 3 is 1.83 bits per heavy atom. The number of aliphatic hydroxyl groups is 1. The van der Waals surface area contributed by atoms with Crippen LogP contribution in [0.15, 0.2) is 109 Å². The molecule has 0 spiro atoms. The lowest BCUT2D eigenvalue weighted by Gasteiger charge is -2.32. The van der Waals surface area contributed by atoms with E-state index in [9.17, 15) is 50.1 Å². The standard InChI is InChI=1S/C78H86Cl2N10O19/c1-7-8-9-10-11-12-13-23-81-37-48-54(94)36-47-60(68(48)96)46-30-39(16-19-52(46)92)61-73(101)88-66(76(104)87-65(47)71(99)82-24-14-25-90(5)6)67(95)41-18-22-56(50(80)31-41)108-59-34-43-33-58(69(59)97)107-55-21-15-38(26-49(55)79)27-51-70(98)84-63(74(102)86-64(43)75(103)85-61)42-28-44(91)35-45(29-42)106-57-32-40(17-20-53(57)93)62(72(100)83-51)89-77(105)109-78(2,3)4/h15-22,26,28-36,51,61-67,81,91-97H,7-14,23-25,27,37H2,1-6H3,(H,82,99)(H,83,100)(H,84,98)(H,85,103)(H,86,102)(H,87,104)(H,88,101)(H,89,105)/t51-,61-,62-,63-,64-,65-,66-,67?/m0/s1. The molecular weight excluding hydrogens is 1450 g/mol. The summed E-state index contributed by atoms with van der Waals surface area (Å²) in [5, 5.41) is 109. The summed E-state index contributed by atoms with van der Waals surface area (Å²) < 4.78 is 24.4. The number of hydrogen-bond donors (Lipinski definition) is 16. The summed E-state index contributed by atoms with van der Waals surface area (Å²) in [6, 6.07) is 7.84. The van der Waals surface area contributed by atoms with Crippen molar-refractivity contribution >= 4 is 70.6 Å². The summed E-state index contributed by atoms with van der Waals surface area (Å²) in [5.41, 5.74) is -2.84. The quantitative estimate of drug-likeness (QED) is 0.0400. The van der Waals surface area contributed by atoms with Gasteiger partial charge in [-0.05, 0) is 179 Å². The molecule has 109 heavy (non-hydrogen) atoms. The van der Waals surface area contributed by atoms with Gasteiger partial charge in [-0.15, -0.1) is 0 Å². The lowest BCUT2D eigenvalue weighted by atomic mass is 9.87. The molecule has 17 bridgehead atoms. The van der Waals surface area contributed by atoms with Gasteiger partial charge in [-0.3, -0.25) is 33.6 Å². The summed E-state index contributed by atoms with van der Waals surface area (Å²) >= 11 is 14.0. The second kappa shape index (κ2) is 33.9. The van der Waals surface area contributed by atoms with E-state index in [0.29, 0.717) is 19.5 Å². The lowest BCUT2D eigenvalue weighted by molar-refractivity contribution is -0.137. The van der Waals surface area contributed by atoms with Crippen molar-refractivity contribution < 1.29 is 93.0 Å². The first kappa shape index (κ1) is 78.8. The van der Waals surface area contributed by atoms with Crippen LogP contribution in [0.25, 0.3) is 11.1 Å². The number of amides is 8. The molecule has 0 aromatic heterocycles. The lowest BCUT2D eigenvalue weighted by Crippen LogP contribution is -2.56. The third-order valence-electron chi connectivity index (χ3n) is 18.7. The van der Waals surface area contributed by atoms with Gasteiger partial charge in [0.2, 0.25) is 47.1 Å². The minimum Gasteiger partial charge on any atom is -0.508 e. The number of hydrogen-bond acceptors (Lipinski definition) is 21. The number of unbranched alkanes of at least 4 members (excludes halogenated alkanes) is 6. The molecular formula is C78H86Cl2N10O19. The zero-order valence-electron chi connectivity index (χ0n) is 60.4. The average Bonchev–Trinajstić information content (AvgIpc) is 0.755. The number of benzene rings is 7. The number of halogens is 2. The van der Waals surface area contributed by atoms with E-state index >= 15 is 24.0 Å². The summed E-state index contributed by atoms with van der Waals surface area (Å²) in [6.45, 7) is 7.72. The van der Waals surface area contributed by atoms with Gasteiger partial charge >= 0.3 is 6.09 Å². The molecule has 1 unspecified atom stereocenters. The first-order chi connectivity index (χ1) is 51.9. The molecule has 6 aliphatic heterocycles. The number of alkyl carbamates (subject to hydrolysis) is 1. The zero-order valence-corrected chi connectivity index (χ0v) is 61.9.